The van der Waals surface area contributed by atoms with Crippen molar-refractivity contribution in [3.05, 3.63) is 53.3 Å². The zero-order valence-electron chi connectivity index (χ0n) is 10.1. The molecule has 0 aliphatic rings. The van der Waals surface area contributed by atoms with Crippen LogP contribution in [0.3, 0.4) is 0 Å². The minimum Gasteiger partial charge on any atom is -0.489 e. The van der Waals surface area contributed by atoms with E-state index in [2.05, 4.69) is 4.98 Å². The van der Waals surface area contributed by atoms with E-state index in [1.807, 2.05) is 37.3 Å². The summed E-state index contributed by atoms with van der Waals surface area (Å²) in [5.74, 6) is 0.755. The zero-order valence-corrected chi connectivity index (χ0v) is 10.1. The number of ether oxygens (including phenoxy) is 1. The highest BCUT2D eigenvalue weighted by atomic mass is 16.5. The van der Waals surface area contributed by atoms with Crippen molar-refractivity contribution in [3.8, 4) is 11.8 Å². The quantitative estimate of drug-likeness (QED) is 0.835. The lowest BCUT2D eigenvalue weighted by Crippen LogP contribution is -1.99. The molecular formula is C14H13N3O. The Bertz CT molecular complexity index is 602. The normalized spacial score (nSPS) is 9.78. The maximum Gasteiger partial charge on any atom is 0.140 e. The van der Waals surface area contributed by atoms with E-state index < -0.39 is 0 Å². The van der Waals surface area contributed by atoms with Crippen LogP contribution in [-0.2, 0) is 6.61 Å². The summed E-state index contributed by atoms with van der Waals surface area (Å²) in [6.07, 6.45) is 1.60. The van der Waals surface area contributed by atoms with Gasteiger partial charge in [-0.3, -0.25) is 0 Å². The van der Waals surface area contributed by atoms with Crippen molar-refractivity contribution in [2.75, 3.05) is 5.73 Å². The van der Waals surface area contributed by atoms with Crippen LogP contribution in [0.4, 0.5) is 5.69 Å². The number of hydrogen-bond donors (Lipinski definition) is 1. The van der Waals surface area contributed by atoms with Crippen LogP contribution in [0.2, 0.25) is 0 Å². The first-order chi connectivity index (χ1) is 8.70. The molecule has 0 atom stereocenters. The molecule has 1 heterocycles. The molecule has 2 N–H and O–H groups in total. The summed E-state index contributed by atoms with van der Waals surface area (Å²) >= 11 is 0. The number of nitrogens with two attached hydrogens (primary N) is 1. The van der Waals surface area contributed by atoms with E-state index in [0.717, 1.165) is 16.9 Å². The molecule has 0 radical (unpaired) electrons. The van der Waals surface area contributed by atoms with Gasteiger partial charge >= 0.3 is 0 Å². The average Bonchev–Trinajstić information content (AvgIpc) is 2.41. The smallest absolute Gasteiger partial charge is 0.140 e. The van der Waals surface area contributed by atoms with Gasteiger partial charge in [-0.2, -0.15) is 5.26 Å². The van der Waals surface area contributed by atoms with E-state index in [4.69, 9.17) is 15.7 Å². The molecule has 0 saturated heterocycles. The second kappa shape index (κ2) is 5.19. The Hall–Kier alpha value is -2.54. The fourth-order valence-corrected chi connectivity index (χ4v) is 1.57. The molecule has 4 nitrogen and oxygen atoms in total. The highest BCUT2D eigenvalue weighted by molar-refractivity contribution is 5.53. The van der Waals surface area contributed by atoms with Gasteiger partial charge in [-0.25, -0.2) is 4.98 Å². The topological polar surface area (TPSA) is 71.9 Å². The second-order valence-corrected chi connectivity index (χ2v) is 3.92. The lowest BCUT2D eigenvalue weighted by Gasteiger charge is -2.10. The maximum atomic E-state index is 8.76. The Morgan fingerprint density at radius 2 is 2.22 bits per heavy atom. The molecule has 0 bridgehead atoms. The Morgan fingerprint density at radius 3 is 3.00 bits per heavy atom. The van der Waals surface area contributed by atoms with Crippen LogP contribution in [0.25, 0.3) is 0 Å². The van der Waals surface area contributed by atoms with E-state index in [-0.39, 0.29) is 0 Å². The molecule has 0 spiro atoms. The predicted octanol–water partition coefficient (Wildman–Crippen LogP) is 2.42. The molecular weight excluding hydrogens is 226 g/mol. The molecule has 0 aliphatic heterocycles. The second-order valence-electron chi connectivity index (χ2n) is 3.92. The third kappa shape index (κ3) is 2.58. The number of anilines is 1. The van der Waals surface area contributed by atoms with Crippen molar-refractivity contribution < 1.29 is 4.74 Å². The van der Waals surface area contributed by atoms with Gasteiger partial charge in [0.15, 0.2) is 0 Å². The highest BCUT2D eigenvalue weighted by Gasteiger charge is 2.03. The van der Waals surface area contributed by atoms with Gasteiger partial charge in [0.25, 0.3) is 0 Å². The Kier molecular flexibility index (Phi) is 3.44. The molecule has 0 fully saturated rings. The number of aromatic nitrogens is 1. The minimum absolute atomic E-state index is 0.389. The lowest BCUT2D eigenvalue weighted by atomic mass is 10.2. The summed E-state index contributed by atoms with van der Waals surface area (Å²) in [5, 5.41) is 8.76. The van der Waals surface area contributed by atoms with Crippen LogP contribution in [0, 0.1) is 18.3 Å². The number of nitrogen functional groups attached to an aromatic ring is 1. The molecule has 90 valence electrons. The van der Waals surface area contributed by atoms with Gasteiger partial charge in [0.05, 0.1) is 0 Å². The zero-order chi connectivity index (χ0) is 13.0. The molecule has 2 rings (SSSR count). The number of nitrogens with zero attached hydrogens (tertiary/aromatic N) is 2. The average molecular weight is 239 g/mol. The van der Waals surface area contributed by atoms with Crippen LogP contribution in [0.1, 0.15) is 16.8 Å². The Labute approximate surface area is 106 Å². The van der Waals surface area contributed by atoms with Crippen LogP contribution in [0.5, 0.6) is 5.75 Å². The summed E-state index contributed by atoms with van der Waals surface area (Å²) < 4.78 is 5.69. The molecule has 4 heteroatoms. The fourth-order valence-electron chi connectivity index (χ4n) is 1.57. The van der Waals surface area contributed by atoms with Crippen molar-refractivity contribution >= 4 is 5.69 Å². The number of rotatable bonds is 3. The van der Waals surface area contributed by atoms with E-state index >= 15 is 0 Å². The van der Waals surface area contributed by atoms with Gasteiger partial charge < -0.3 is 10.5 Å². The molecule has 1 aromatic carbocycles. The van der Waals surface area contributed by atoms with Gasteiger partial charge in [-0.05, 0) is 36.8 Å². The summed E-state index contributed by atoms with van der Waals surface area (Å²) in [6, 6.07) is 11.1. The summed E-state index contributed by atoms with van der Waals surface area (Å²) in [7, 11) is 0. The molecule has 2 aromatic rings. The number of nitriles is 1. The van der Waals surface area contributed by atoms with Gasteiger partial charge in [0.1, 0.15) is 24.1 Å². The maximum absolute atomic E-state index is 8.76. The van der Waals surface area contributed by atoms with Crippen molar-refractivity contribution in [2.45, 2.75) is 13.5 Å². The SMILES string of the molecule is Cc1c(N)cccc1OCc1ccnc(C#N)c1. The Balaban J connectivity index is 2.12. The van der Waals surface area contributed by atoms with Crippen molar-refractivity contribution in [3.63, 3.8) is 0 Å². The fraction of sp³-hybridized carbons (Fsp3) is 0.143. The third-order valence-electron chi connectivity index (χ3n) is 2.66. The summed E-state index contributed by atoms with van der Waals surface area (Å²) in [5.41, 5.74) is 8.73. The predicted molar refractivity (Wildman–Crippen MR) is 68.9 cm³/mol. The molecule has 0 amide bonds. The molecule has 1 aromatic heterocycles. The van der Waals surface area contributed by atoms with Crippen LogP contribution < -0.4 is 10.5 Å². The first kappa shape index (κ1) is 11.9. The van der Waals surface area contributed by atoms with Crippen molar-refractivity contribution in [1.82, 2.24) is 4.98 Å². The molecule has 0 unspecified atom stereocenters. The number of pyridine rings is 1. The van der Waals surface area contributed by atoms with Crippen LogP contribution in [0.15, 0.2) is 36.5 Å². The number of hydrogen-bond acceptors (Lipinski definition) is 4. The van der Waals surface area contributed by atoms with Crippen molar-refractivity contribution in [1.29, 1.82) is 5.26 Å². The van der Waals surface area contributed by atoms with Gasteiger partial charge in [-0.15, -0.1) is 0 Å². The van der Waals surface area contributed by atoms with E-state index in [0.29, 0.717) is 18.0 Å². The first-order valence-corrected chi connectivity index (χ1v) is 5.53. The van der Waals surface area contributed by atoms with Gasteiger partial charge in [0, 0.05) is 17.4 Å². The molecule has 0 aliphatic carbocycles. The standard InChI is InChI=1S/C14H13N3O/c1-10-13(16)3-2-4-14(10)18-9-11-5-6-17-12(7-11)8-15/h2-7H,9,16H2,1H3. The summed E-state index contributed by atoms with van der Waals surface area (Å²) in [6.45, 7) is 2.30. The van der Waals surface area contributed by atoms with Crippen LogP contribution in [-0.4, -0.2) is 4.98 Å². The van der Waals surface area contributed by atoms with E-state index in [1.165, 1.54) is 0 Å². The van der Waals surface area contributed by atoms with Gasteiger partial charge in [0.2, 0.25) is 0 Å². The minimum atomic E-state index is 0.389. The largest absolute Gasteiger partial charge is 0.489 e. The van der Waals surface area contributed by atoms with E-state index in [1.54, 1.807) is 12.3 Å². The first-order valence-electron chi connectivity index (χ1n) is 5.53. The summed E-state index contributed by atoms with van der Waals surface area (Å²) in [4.78, 5) is 3.91. The monoisotopic (exact) mass is 239 g/mol. The van der Waals surface area contributed by atoms with Gasteiger partial charge in [-0.1, -0.05) is 6.07 Å². The van der Waals surface area contributed by atoms with Crippen LogP contribution >= 0.6 is 0 Å². The lowest BCUT2D eigenvalue weighted by molar-refractivity contribution is 0.304. The Morgan fingerprint density at radius 1 is 1.39 bits per heavy atom. The van der Waals surface area contributed by atoms with Crippen molar-refractivity contribution in [2.24, 2.45) is 0 Å². The van der Waals surface area contributed by atoms with E-state index in [9.17, 15) is 0 Å². The number of benzene rings is 1. The molecule has 18 heavy (non-hydrogen) atoms. The highest BCUT2D eigenvalue weighted by Crippen LogP contribution is 2.23. The third-order valence-corrected chi connectivity index (χ3v) is 2.66. The molecule has 0 saturated carbocycles.